The number of nitrogens with one attached hydrogen (secondary N) is 1. The van der Waals surface area contributed by atoms with Gasteiger partial charge in [0.1, 0.15) is 24.3 Å². The van der Waals surface area contributed by atoms with Crippen LogP contribution in [0.5, 0.6) is 17.2 Å². The predicted octanol–water partition coefficient (Wildman–Crippen LogP) is 3.17. The number of rotatable bonds is 5. The summed E-state index contributed by atoms with van der Waals surface area (Å²) in [5.41, 5.74) is 0.656. The van der Waals surface area contributed by atoms with Crippen LogP contribution in [0.1, 0.15) is 12.7 Å². The summed E-state index contributed by atoms with van der Waals surface area (Å²) in [6.45, 7) is 2.19. The van der Waals surface area contributed by atoms with Crippen molar-refractivity contribution in [3.8, 4) is 17.2 Å². The molecule has 0 radical (unpaired) electrons. The Bertz CT molecular complexity index is 968. The lowest BCUT2D eigenvalue weighted by molar-refractivity contribution is -0.128. The van der Waals surface area contributed by atoms with Crippen molar-refractivity contribution in [1.82, 2.24) is 9.55 Å². The number of carbonyl (C=O) groups is 1. The molecule has 7 nitrogen and oxygen atoms in total. The van der Waals surface area contributed by atoms with Crippen LogP contribution in [0.4, 0.5) is 5.69 Å². The third kappa shape index (κ3) is 3.78. The molecular formula is C21H21N3O4. The molecule has 4 rings (SSSR count). The Balaban J connectivity index is 1.36. The quantitative estimate of drug-likeness (QED) is 0.737. The largest absolute Gasteiger partial charge is 0.486 e. The number of amides is 1. The summed E-state index contributed by atoms with van der Waals surface area (Å²) >= 11 is 0. The average Bonchev–Trinajstić information content (AvgIpc) is 3.11. The third-order valence-electron chi connectivity index (χ3n) is 4.51. The Kier molecular flexibility index (Phi) is 4.89. The van der Waals surface area contributed by atoms with E-state index in [1.165, 1.54) is 0 Å². The van der Waals surface area contributed by atoms with E-state index in [-0.39, 0.29) is 5.91 Å². The lowest BCUT2D eigenvalue weighted by Crippen LogP contribution is -2.46. The lowest BCUT2D eigenvalue weighted by Gasteiger charge is -2.31. The van der Waals surface area contributed by atoms with Crippen molar-refractivity contribution in [1.29, 1.82) is 0 Å². The van der Waals surface area contributed by atoms with Crippen LogP contribution in [0.25, 0.3) is 0 Å². The number of imidazole rings is 1. The molecule has 1 N–H and O–H groups in total. The second kappa shape index (κ2) is 7.64. The van der Waals surface area contributed by atoms with Gasteiger partial charge in [0.2, 0.25) is 6.10 Å². The van der Waals surface area contributed by atoms with E-state index in [2.05, 4.69) is 10.3 Å². The van der Waals surface area contributed by atoms with Crippen molar-refractivity contribution >= 4 is 11.6 Å². The molecule has 0 saturated heterocycles. The topological polar surface area (TPSA) is 74.6 Å². The van der Waals surface area contributed by atoms with Gasteiger partial charge in [0.15, 0.2) is 11.5 Å². The number of para-hydroxylation sites is 2. The highest BCUT2D eigenvalue weighted by atomic mass is 16.6. The Morgan fingerprint density at radius 2 is 1.86 bits per heavy atom. The van der Waals surface area contributed by atoms with Crippen molar-refractivity contribution in [3.63, 3.8) is 0 Å². The highest BCUT2D eigenvalue weighted by molar-refractivity contribution is 5.95. The van der Waals surface area contributed by atoms with Crippen molar-refractivity contribution in [2.45, 2.75) is 25.7 Å². The van der Waals surface area contributed by atoms with Crippen molar-refractivity contribution < 1.29 is 19.0 Å². The first-order valence-electron chi connectivity index (χ1n) is 9.02. The van der Waals surface area contributed by atoms with E-state index in [0.717, 1.165) is 5.82 Å². The Hall–Kier alpha value is -3.48. The number of ether oxygens (including phenoxy) is 3. The summed E-state index contributed by atoms with van der Waals surface area (Å²) in [5, 5.41) is 2.86. The summed E-state index contributed by atoms with van der Waals surface area (Å²) in [6, 6.07) is 14.5. The van der Waals surface area contributed by atoms with Gasteiger partial charge in [0, 0.05) is 25.1 Å². The number of aromatic nitrogens is 2. The van der Waals surface area contributed by atoms with E-state index in [0.29, 0.717) is 29.5 Å². The first-order chi connectivity index (χ1) is 13.6. The minimum absolute atomic E-state index is 0.260. The number of fused-ring (bicyclic) bond motifs is 1. The second-order valence-electron chi connectivity index (χ2n) is 6.56. The summed E-state index contributed by atoms with van der Waals surface area (Å²) in [5.74, 6) is 2.48. The fourth-order valence-corrected chi connectivity index (χ4v) is 2.94. The maximum Gasteiger partial charge on any atom is 0.269 e. The number of aryl methyl sites for hydroxylation is 1. The highest BCUT2D eigenvalue weighted by Gasteiger charge is 2.34. The summed E-state index contributed by atoms with van der Waals surface area (Å²) in [7, 11) is 1.92. The molecule has 3 aromatic rings. The van der Waals surface area contributed by atoms with Gasteiger partial charge in [-0.25, -0.2) is 4.98 Å². The Morgan fingerprint density at radius 3 is 2.54 bits per heavy atom. The SMILES string of the molecule is CC1Oc2ccccc2OC1C(=O)Nc1ccc(OCc2nccn2C)cc1. The molecule has 2 heterocycles. The van der Waals surface area contributed by atoms with Gasteiger partial charge in [0.25, 0.3) is 5.91 Å². The molecule has 0 fully saturated rings. The lowest BCUT2D eigenvalue weighted by atomic mass is 10.1. The molecule has 7 heteroatoms. The van der Waals surface area contributed by atoms with Crippen molar-refractivity contribution in [2.24, 2.45) is 7.05 Å². The highest BCUT2D eigenvalue weighted by Crippen LogP contribution is 2.33. The fourth-order valence-electron chi connectivity index (χ4n) is 2.94. The second-order valence-corrected chi connectivity index (χ2v) is 6.56. The molecule has 1 aliphatic rings. The number of hydrogen-bond donors (Lipinski definition) is 1. The molecule has 0 spiro atoms. The minimum Gasteiger partial charge on any atom is -0.486 e. The zero-order valence-electron chi connectivity index (χ0n) is 15.7. The standard InChI is InChI=1S/C21H21N3O4/c1-14-20(28-18-6-4-3-5-17(18)27-14)21(25)23-15-7-9-16(10-8-15)26-13-19-22-11-12-24(19)2/h3-12,14,20H,13H2,1-2H3,(H,23,25). The number of anilines is 1. The van der Waals surface area contributed by atoms with Gasteiger partial charge in [-0.3, -0.25) is 4.79 Å². The van der Waals surface area contributed by atoms with Crippen LogP contribution >= 0.6 is 0 Å². The molecule has 144 valence electrons. The first-order valence-corrected chi connectivity index (χ1v) is 9.02. The molecule has 0 aliphatic carbocycles. The monoisotopic (exact) mass is 379 g/mol. The van der Waals surface area contributed by atoms with Crippen LogP contribution in [-0.2, 0) is 18.4 Å². The zero-order valence-corrected chi connectivity index (χ0v) is 15.7. The van der Waals surface area contributed by atoms with Gasteiger partial charge in [0.05, 0.1) is 0 Å². The van der Waals surface area contributed by atoms with Gasteiger partial charge >= 0.3 is 0 Å². The van der Waals surface area contributed by atoms with Crippen LogP contribution in [-0.4, -0.2) is 27.7 Å². The summed E-state index contributed by atoms with van der Waals surface area (Å²) in [6.07, 6.45) is 2.48. The van der Waals surface area contributed by atoms with Crippen LogP contribution in [0, 0.1) is 0 Å². The van der Waals surface area contributed by atoms with Crippen molar-refractivity contribution in [2.75, 3.05) is 5.32 Å². The van der Waals surface area contributed by atoms with Crippen LogP contribution in [0.15, 0.2) is 60.9 Å². The number of hydrogen-bond acceptors (Lipinski definition) is 5. The normalized spacial score (nSPS) is 17.8. The van der Waals surface area contributed by atoms with Gasteiger partial charge in [-0.2, -0.15) is 0 Å². The van der Waals surface area contributed by atoms with E-state index in [1.807, 2.05) is 42.9 Å². The number of nitrogens with zero attached hydrogens (tertiary/aromatic N) is 2. The average molecular weight is 379 g/mol. The minimum atomic E-state index is -0.728. The van der Waals surface area contributed by atoms with E-state index in [9.17, 15) is 4.79 Å². The molecule has 2 unspecified atom stereocenters. The fraction of sp³-hybridized carbons (Fsp3) is 0.238. The number of benzene rings is 2. The summed E-state index contributed by atoms with van der Waals surface area (Å²) < 4.78 is 19.2. The maximum atomic E-state index is 12.6. The predicted molar refractivity (Wildman–Crippen MR) is 104 cm³/mol. The Morgan fingerprint density at radius 1 is 1.14 bits per heavy atom. The zero-order chi connectivity index (χ0) is 19.5. The Labute approximate surface area is 162 Å². The summed E-state index contributed by atoms with van der Waals surface area (Å²) in [4.78, 5) is 16.9. The number of carbonyl (C=O) groups excluding carboxylic acids is 1. The van der Waals surface area contributed by atoms with Crippen LogP contribution < -0.4 is 19.5 Å². The van der Waals surface area contributed by atoms with Crippen molar-refractivity contribution in [3.05, 3.63) is 66.7 Å². The van der Waals surface area contributed by atoms with E-state index >= 15 is 0 Å². The molecule has 1 amide bonds. The molecule has 1 aliphatic heterocycles. The molecule has 0 bridgehead atoms. The van der Waals surface area contributed by atoms with Crippen LogP contribution in [0.3, 0.4) is 0 Å². The first kappa shape index (κ1) is 17.9. The van der Waals surface area contributed by atoms with Gasteiger partial charge in [-0.1, -0.05) is 12.1 Å². The molecule has 2 aromatic carbocycles. The van der Waals surface area contributed by atoms with Gasteiger partial charge < -0.3 is 24.1 Å². The maximum absolute atomic E-state index is 12.6. The van der Waals surface area contributed by atoms with Crippen LogP contribution in [0.2, 0.25) is 0 Å². The van der Waals surface area contributed by atoms with Gasteiger partial charge in [-0.15, -0.1) is 0 Å². The molecular weight excluding hydrogens is 358 g/mol. The van der Waals surface area contributed by atoms with E-state index < -0.39 is 12.2 Å². The molecule has 2 atom stereocenters. The van der Waals surface area contributed by atoms with Gasteiger partial charge in [-0.05, 0) is 43.3 Å². The molecule has 1 aromatic heterocycles. The molecule has 28 heavy (non-hydrogen) atoms. The molecule has 0 saturated carbocycles. The third-order valence-corrected chi connectivity index (χ3v) is 4.51. The van der Waals surface area contributed by atoms with E-state index in [4.69, 9.17) is 14.2 Å². The van der Waals surface area contributed by atoms with E-state index in [1.54, 1.807) is 36.5 Å². The smallest absolute Gasteiger partial charge is 0.269 e.